The van der Waals surface area contributed by atoms with E-state index in [1.807, 2.05) is 7.05 Å². The van der Waals surface area contributed by atoms with Crippen LogP contribution in [0.25, 0.3) is 16.8 Å². The van der Waals surface area contributed by atoms with Crippen LogP contribution in [0.3, 0.4) is 0 Å². The zero-order valence-electron chi connectivity index (χ0n) is 16.9. The smallest absolute Gasteiger partial charge is 0.435 e. The minimum absolute atomic E-state index is 0.0657. The molecule has 1 unspecified atom stereocenters. The molecule has 32 heavy (non-hydrogen) atoms. The Morgan fingerprint density at radius 2 is 2.00 bits per heavy atom. The van der Waals surface area contributed by atoms with Crippen molar-refractivity contribution >= 4 is 11.5 Å². The number of nitrogens with one attached hydrogen (secondary N) is 1. The first-order valence-corrected chi connectivity index (χ1v) is 9.83. The van der Waals surface area contributed by atoms with Gasteiger partial charge in [-0.05, 0) is 50.7 Å². The van der Waals surface area contributed by atoms with Gasteiger partial charge in [-0.2, -0.15) is 8.78 Å². The third-order valence-corrected chi connectivity index (χ3v) is 5.08. The summed E-state index contributed by atoms with van der Waals surface area (Å²) in [6.45, 7) is -1.36. The fraction of sp³-hybridized carbons (Fsp3) is 0.400. The third kappa shape index (κ3) is 5.01. The molecule has 1 saturated heterocycles. The molecular formula is C20H20F5N5O2. The van der Waals surface area contributed by atoms with Gasteiger partial charge in [0, 0.05) is 30.4 Å². The second kappa shape index (κ2) is 8.77. The van der Waals surface area contributed by atoms with E-state index in [0.29, 0.717) is 11.5 Å². The molecule has 0 saturated carbocycles. The van der Waals surface area contributed by atoms with Crippen LogP contribution in [0.5, 0.6) is 11.5 Å². The minimum atomic E-state index is -5.04. The monoisotopic (exact) mass is 457 g/mol. The quantitative estimate of drug-likeness (QED) is 0.554. The van der Waals surface area contributed by atoms with E-state index >= 15 is 0 Å². The van der Waals surface area contributed by atoms with Crippen LogP contribution in [0.2, 0.25) is 0 Å². The molecule has 1 aliphatic heterocycles. The number of hydrogen-bond donors (Lipinski definition) is 1. The first kappa shape index (κ1) is 22.1. The lowest BCUT2D eigenvalue weighted by atomic mass is 10.1. The SMILES string of the molecule is CN1CCCC(Nc2nnc(-c3ccc(OC(F)F)cc3OC(F)(F)F)c3cccn23)C1. The number of anilines is 1. The summed E-state index contributed by atoms with van der Waals surface area (Å²) in [6.07, 6.45) is -1.36. The number of nitrogens with zero attached hydrogens (tertiary/aromatic N) is 4. The first-order valence-electron chi connectivity index (χ1n) is 9.83. The molecular weight excluding hydrogens is 437 g/mol. The maximum Gasteiger partial charge on any atom is 0.573 e. The minimum Gasteiger partial charge on any atom is -0.435 e. The van der Waals surface area contributed by atoms with Crippen molar-refractivity contribution in [1.82, 2.24) is 19.5 Å². The fourth-order valence-electron chi connectivity index (χ4n) is 3.80. The number of likely N-dealkylation sites (tertiary alicyclic amines) is 1. The molecule has 0 radical (unpaired) electrons. The zero-order valence-corrected chi connectivity index (χ0v) is 16.9. The topological polar surface area (TPSA) is 63.9 Å². The van der Waals surface area contributed by atoms with E-state index in [4.69, 9.17) is 0 Å². The number of alkyl halides is 5. The Hall–Kier alpha value is -3.15. The van der Waals surface area contributed by atoms with E-state index in [0.717, 1.165) is 38.1 Å². The van der Waals surface area contributed by atoms with Gasteiger partial charge in [0.25, 0.3) is 0 Å². The van der Waals surface area contributed by atoms with E-state index in [-0.39, 0.29) is 17.3 Å². The van der Waals surface area contributed by atoms with Crippen molar-refractivity contribution in [2.45, 2.75) is 31.9 Å². The van der Waals surface area contributed by atoms with Gasteiger partial charge in [0.15, 0.2) is 0 Å². The van der Waals surface area contributed by atoms with Crippen LogP contribution < -0.4 is 14.8 Å². The second-order valence-corrected chi connectivity index (χ2v) is 7.47. The number of likely N-dealkylation sites (N-methyl/N-ethyl adjacent to an activating group) is 1. The average Bonchev–Trinajstić information content (AvgIpc) is 3.18. The molecule has 3 aromatic rings. The molecule has 0 spiro atoms. The predicted molar refractivity (Wildman–Crippen MR) is 106 cm³/mol. The lowest BCUT2D eigenvalue weighted by Gasteiger charge is -2.30. The number of piperidine rings is 1. The Morgan fingerprint density at radius 3 is 2.72 bits per heavy atom. The van der Waals surface area contributed by atoms with Gasteiger partial charge < -0.3 is 19.7 Å². The molecule has 1 N–H and O–H groups in total. The van der Waals surface area contributed by atoms with Gasteiger partial charge >= 0.3 is 13.0 Å². The van der Waals surface area contributed by atoms with E-state index in [1.165, 1.54) is 6.07 Å². The van der Waals surface area contributed by atoms with Crippen molar-refractivity contribution in [3.8, 4) is 22.8 Å². The van der Waals surface area contributed by atoms with Gasteiger partial charge in [0.1, 0.15) is 17.2 Å². The Balaban J connectivity index is 1.72. The standard InChI is InChI=1S/C20H20F5N5O2/c1-29-8-2-4-12(11-29)26-19-28-27-17(15-5-3-9-30(15)19)14-7-6-13(31-18(21)22)10-16(14)32-20(23,24)25/h3,5-7,9-10,12,18H,2,4,8,11H2,1H3,(H,26,28). The van der Waals surface area contributed by atoms with Gasteiger partial charge in [0.05, 0.1) is 5.52 Å². The normalized spacial score (nSPS) is 17.7. The van der Waals surface area contributed by atoms with Crippen molar-refractivity contribution < 1.29 is 31.4 Å². The highest BCUT2D eigenvalue weighted by Gasteiger charge is 2.33. The number of fused-ring (bicyclic) bond motifs is 1. The summed E-state index contributed by atoms with van der Waals surface area (Å²) >= 11 is 0. The van der Waals surface area contributed by atoms with E-state index in [2.05, 4.69) is 29.9 Å². The molecule has 1 fully saturated rings. The van der Waals surface area contributed by atoms with Crippen molar-refractivity contribution in [3.05, 3.63) is 36.5 Å². The van der Waals surface area contributed by atoms with Gasteiger partial charge in [0.2, 0.25) is 5.95 Å². The molecule has 1 aromatic carbocycles. The number of ether oxygens (including phenoxy) is 2. The predicted octanol–water partition coefficient (Wildman–Crippen LogP) is 4.40. The van der Waals surface area contributed by atoms with Crippen molar-refractivity contribution in [2.24, 2.45) is 0 Å². The molecule has 172 valence electrons. The molecule has 0 aliphatic carbocycles. The van der Waals surface area contributed by atoms with Crippen LogP contribution in [-0.2, 0) is 0 Å². The van der Waals surface area contributed by atoms with Crippen molar-refractivity contribution in [3.63, 3.8) is 0 Å². The van der Waals surface area contributed by atoms with Crippen LogP contribution >= 0.6 is 0 Å². The Morgan fingerprint density at radius 1 is 1.19 bits per heavy atom. The lowest BCUT2D eigenvalue weighted by molar-refractivity contribution is -0.274. The Labute approximate surface area is 179 Å². The summed E-state index contributed by atoms with van der Waals surface area (Å²) in [5, 5.41) is 11.6. The maximum absolute atomic E-state index is 13.0. The van der Waals surface area contributed by atoms with Gasteiger partial charge in [-0.15, -0.1) is 23.4 Å². The zero-order chi connectivity index (χ0) is 22.9. The summed E-state index contributed by atoms with van der Waals surface area (Å²) in [5.41, 5.74) is 0.509. The molecule has 12 heteroatoms. The van der Waals surface area contributed by atoms with Gasteiger partial charge in [-0.1, -0.05) is 0 Å². The van der Waals surface area contributed by atoms with Gasteiger partial charge in [-0.25, -0.2) is 0 Å². The molecule has 1 atom stereocenters. The van der Waals surface area contributed by atoms with E-state index in [9.17, 15) is 22.0 Å². The summed E-state index contributed by atoms with van der Waals surface area (Å²) in [5.74, 6) is -0.741. The highest BCUT2D eigenvalue weighted by atomic mass is 19.4. The Kier molecular flexibility index (Phi) is 6.04. The highest BCUT2D eigenvalue weighted by molar-refractivity contribution is 5.81. The van der Waals surface area contributed by atoms with E-state index < -0.39 is 24.5 Å². The number of aromatic nitrogens is 3. The largest absolute Gasteiger partial charge is 0.573 e. The number of benzene rings is 1. The molecule has 3 heterocycles. The number of halogens is 5. The third-order valence-electron chi connectivity index (χ3n) is 5.08. The summed E-state index contributed by atoms with van der Waals surface area (Å²) in [6, 6.07) is 6.58. The van der Waals surface area contributed by atoms with E-state index in [1.54, 1.807) is 22.7 Å². The van der Waals surface area contributed by atoms with Crippen LogP contribution in [0.1, 0.15) is 12.8 Å². The van der Waals surface area contributed by atoms with Crippen LogP contribution in [0.15, 0.2) is 36.5 Å². The molecule has 7 nitrogen and oxygen atoms in total. The summed E-state index contributed by atoms with van der Waals surface area (Å²) < 4.78 is 73.9. The van der Waals surface area contributed by atoms with Gasteiger partial charge in [-0.3, -0.25) is 4.40 Å². The van der Waals surface area contributed by atoms with Crippen molar-refractivity contribution in [2.75, 3.05) is 25.5 Å². The fourth-order valence-corrected chi connectivity index (χ4v) is 3.80. The molecule has 0 bridgehead atoms. The molecule has 2 aromatic heterocycles. The maximum atomic E-state index is 13.0. The Bertz CT molecular complexity index is 1090. The lowest BCUT2D eigenvalue weighted by Crippen LogP contribution is -2.40. The first-order chi connectivity index (χ1) is 15.2. The van der Waals surface area contributed by atoms with Crippen LogP contribution in [-0.4, -0.2) is 58.7 Å². The summed E-state index contributed by atoms with van der Waals surface area (Å²) in [7, 11) is 2.03. The number of rotatable bonds is 6. The van der Waals surface area contributed by atoms with Crippen molar-refractivity contribution in [1.29, 1.82) is 0 Å². The average molecular weight is 457 g/mol. The second-order valence-electron chi connectivity index (χ2n) is 7.47. The van der Waals surface area contributed by atoms with Crippen LogP contribution in [0, 0.1) is 0 Å². The summed E-state index contributed by atoms with van der Waals surface area (Å²) in [4.78, 5) is 2.19. The molecule has 1 aliphatic rings. The highest BCUT2D eigenvalue weighted by Crippen LogP contribution is 2.38. The number of hydrogen-bond acceptors (Lipinski definition) is 6. The van der Waals surface area contributed by atoms with Crippen LogP contribution in [0.4, 0.5) is 27.9 Å². The molecule has 0 amide bonds. The molecule has 4 rings (SSSR count).